The Morgan fingerprint density at radius 3 is 3.00 bits per heavy atom. The lowest BCUT2D eigenvalue weighted by Gasteiger charge is -2.24. The van der Waals surface area contributed by atoms with Crippen molar-refractivity contribution in [3.63, 3.8) is 0 Å². The first-order valence-electron chi connectivity index (χ1n) is 4.45. The van der Waals surface area contributed by atoms with Gasteiger partial charge in [0, 0.05) is 6.04 Å². The largest absolute Gasteiger partial charge is 0.349 e. The van der Waals surface area contributed by atoms with E-state index in [9.17, 15) is 0 Å². The first-order chi connectivity index (χ1) is 5.77. The van der Waals surface area contributed by atoms with E-state index in [0.717, 1.165) is 12.8 Å². The van der Waals surface area contributed by atoms with Crippen LogP contribution < -0.4 is 5.73 Å². The van der Waals surface area contributed by atoms with Gasteiger partial charge in [0.15, 0.2) is 0 Å². The van der Waals surface area contributed by atoms with Crippen molar-refractivity contribution in [3.8, 4) is 0 Å². The third kappa shape index (κ3) is 1.40. The highest BCUT2D eigenvalue weighted by atomic mass is 16.7. The Kier molecular flexibility index (Phi) is 2.17. The van der Waals surface area contributed by atoms with E-state index in [0.29, 0.717) is 6.79 Å². The average molecular weight is 169 g/mol. The van der Waals surface area contributed by atoms with Crippen LogP contribution in [0.5, 0.6) is 0 Å². The van der Waals surface area contributed by atoms with E-state index in [-0.39, 0.29) is 18.2 Å². The van der Waals surface area contributed by atoms with Crippen LogP contribution in [0.2, 0.25) is 0 Å². The van der Waals surface area contributed by atoms with E-state index in [4.69, 9.17) is 15.2 Å². The maximum absolute atomic E-state index is 5.79. The Labute approximate surface area is 72.5 Å². The maximum Gasteiger partial charge on any atom is 0.147 e. The zero-order valence-electron chi connectivity index (χ0n) is 7.32. The highest BCUT2D eigenvalue weighted by Gasteiger charge is 2.32. The molecule has 3 atom stereocenters. The van der Waals surface area contributed by atoms with Gasteiger partial charge in [-0.1, -0.05) is 11.6 Å². The van der Waals surface area contributed by atoms with E-state index < -0.39 is 0 Å². The summed E-state index contributed by atoms with van der Waals surface area (Å²) in [5.41, 5.74) is 7.09. The summed E-state index contributed by atoms with van der Waals surface area (Å²) in [5.74, 6) is 0. The number of nitrogens with two attached hydrogens (primary N) is 1. The predicted octanol–water partition coefficient (Wildman–Crippen LogP) is 0.795. The number of hydrogen-bond donors (Lipinski definition) is 1. The molecule has 0 aromatic rings. The Bertz CT molecular complexity index is 201. The fourth-order valence-corrected chi connectivity index (χ4v) is 1.79. The van der Waals surface area contributed by atoms with Gasteiger partial charge in [0.05, 0.1) is 12.2 Å². The first-order valence-corrected chi connectivity index (χ1v) is 4.45. The minimum absolute atomic E-state index is 0.162. The van der Waals surface area contributed by atoms with E-state index in [1.165, 1.54) is 5.57 Å². The lowest BCUT2D eigenvalue weighted by Crippen LogP contribution is -2.31. The van der Waals surface area contributed by atoms with Gasteiger partial charge in [0.25, 0.3) is 0 Å². The molecule has 3 heteroatoms. The average Bonchev–Trinajstić information content (AvgIpc) is 2.49. The summed E-state index contributed by atoms with van der Waals surface area (Å²) < 4.78 is 10.8. The number of ether oxygens (including phenoxy) is 2. The summed E-state index contributed by atoms with van der Waals surface area (Å²) in [4.78, 5) is 0. The van der Waals surface area contributed by atoms with Gasteiger partial charge in [-0.15, -0.1) is 0 Å². The zero-order valence-corrected chi connectivity index (χ0v) is 7.32. The molecule has 0 spiro atoms. The Balaban J connectivity index is 2.04. The van der Waals surface area contributed by atoms with Gasteiger partial charge in [0.2, 0.25) is 0 Å². The fourth-order valence-electron chi connectivity index (χ4n) is 1.79. The standard InChI is InChI=1S/C9H15NO2/c1-6(10)7-2-3-8-9(4-7)12-5-11-8/h2,6,8-9H,3-5,10H2,1H3/t6-,8?,9?/m0/s1. The summed E-state index contributed by atoms with van der Waals surface area (Å²) in [6.45, 7) is 2.47. The van der Waals surface area contributed by atoms with Crippen molar-refractivity contribution in [2.24, 2.45) is 5.73 Å². The highest BCUT2D eigenvalue weighted by Crippen LogP contribution is 2.28. The van der Waals surface area contributed by atoms with Crippen LogP contribution in [0.15, 0.2) is 11.6 Å². The molecule has 0 aromatic heterocycles. The molecule has 0 saturated carbocycles. The normalized spacial score (nSPS) is 37.3. The molecule has 3 nitrogen and oxygen atoms in total. The van der Waals surface area contributed by atoms with Crippen molar-refractivity contribution in [2.45, 2.75) is 38.0 Å². The lowest BCUT2D eigenvalue weighted by atomic mass is 9.91. The van der Waals surface area contributed by atoms with Crippen LogP contribution in [-0.4, -0.2) is 25.0 Å². The van der Waals surface area contributed by atoms with Crippen LogP contribution in [0.1, 0.15) is 19.8 Å². The summed E-state index contributed by atoms with van der Waals surface area (Å²) in [6.07, 6.45) is 4.65. The minimum Gasteiger partial charge on any atom is -0.349 e. The zero-order chi connectivity index (χ0) is 8.55. The molecule has 1 aliphatic carbocycles. The molecule has 68 valence electrons. The van der Waals surface area contributed by atoms with Crippen molar-refractivity contribution in [3.05, 3.63) is 11.6 Å². The van der Waals surface area contributed by atoms with Crippen molar-refractivity contribution >= 4 is 0 Å². The molecule has 1 saturated heterocycles. The van der Waals surface area contributed by atoms with E-state index in [1.807, 2.05) is 6.92 Å². The van der Waals surface area contributed by atoms with Crippen LogP contribution in [0.3, 0.4) is 0 Å². The number of rotatable bonds is 1. The molecule has 2 aliphatic rings. The van der Waals surface area contributed by atoms with Crippen molar-refractivity contribution in [1.82, 2.24) is 0 Å². The number of hydrogen-bond acceptors (Lipinski definition) is 3. The summed E-state index contributed by atoms with van der Waals surface area (Å²) >= 11 is 0. The molecule has 1 fully saturated rings. The van der Waals surface area contributed by atoms with Gasteiger partial charge in [0.1, 0.15) is 6.79 Å². The van der Waals surface area contributed by atoms with Gasteiger partial charge in [-0.25, -0.2) is 0 Å². The Morgan fingerprint density at radius 2 is 2.25 bits per heavy atom. The lowest BCUT2D eigenvalue weighted by molar-refractivity contribution is 0.0400. The van der Waals surface area contributed by atoms with E-state index >= 15 is 0 Å². The third-order valence-corrected chi connectivity index (χ3v) is 2.61. The summed E-state index contributed by atoms with van der Waals surface area (Å²) in [6, 6.07) is 0.162. The second-order valence-electron chi connectivity index (χ2n) is 3.54. The van der Waals surface area contributed by atoms with Gasteiger partial charge >= 0.3 is 0 Å². The van der Waals surface area contributed by atoms with E-state index in [1.54, 1.807) is 0 Å². The van der Waals surface area contributed by atoms with Gasteiger partial charge in [-0.3, -0.25) is 0 Å². The molecule has 1 aliphatic heterocycles. The smallest absolute Gasteiger partial charge is 0.147 e. The van der Waals surface area contributed by atoms with Gasteiger partial charge < -0.3 is 15.2 Å². The summed E-state index contributed by atoms with van der Waals surface area (Å²) in [7, 11) is 0. The highest BCUT2D eigenvalue weighted by molar-refractivity contribution is 5.15. The first kappa shape index (κ1) is 8.23. The quantitative estimate of drug-likeness (QED) is 0.590. The summed E-state index contributed by atoms with van der Waals surface area (Å²) in [5, 5.41) is 0. The second-order valence-corrected chi connectivity index (χ2v) is 3.54. The molecule has 0 bridgehead atoms. The molecule has 2 unspecified atom stereocenters. The van der Waals surface area contributed by atoms with Crippen LogP contribution in [0.25, 0.3) is 0 Å². The van der Waals surface area contributed by atoms with Crippen molar-refractivity contribution < 1.29 is 9.47 Å². The van der Waals surface area contributed by atoms with Gasteiger partial charge in [-0.2, -0.15) is 0 Å². The third-order valence-electron chi connectivity index (χ3n) is 2.61. The molecule has 12 heavy (non-hydrogen) atoms. The fraction of sp³-hybridized carbons (Fsp3) is 0.778. The molecule has 2 rings (SSSR count). The number of fused-ring (bicyclic) bond motifs is 1. The SMILES string of the molecule is C[C@H](N)C1=CCC2OCOC2C1. The molecule has 1 heterocycles. The van der Waals surface area contributed by atoms with Crippen LogP contribution in [-0.2, 0) is 9.47 Å². The predicted molar refractivity (Wildman–Crippen MR) is 45.6 cm³/mol. The second kappa shape index (κ2) is 3.17. The van der Waals surface area contributed by atoms with Crippen molar-refractivity contribution in [2.75, 3.05) is 6.79 Å². The molecule has 0 amide bonds. The van der Waals surface area contributed by atoms with Crippen LogP contribution in [0.4, 0.5) is 0 Å². The maximum atomic E-state index is 5.79. The molecule has 2 N–H and O–H groups in total. The van der Waals surface area contributed by atoms with Crippen LogP contribution in [0, 0.1) is 0 Å². The van der Waals surface area contributed by atoms with E-state index in [2.05, 4.69) is 6.08 Å². The van der Waals surface area contributed by atoms with Gasteiger partial charge in [-0.05, 0) is 19.8 Å². The Hall–Kier alpha value is -0.380. The molecule has 0 aromatic carbocycles. The molecule has 0 radical (unpaired) electrons. The Morgan fingerprint density at radius 1 is 1.50 bits per heavy atom. The van der Waals surface area contributed by atoms with Crippen LogP contribution >= 0.6 is 0 Å². The topological polar surface area (TPSA) is 44.5 Å². The minimum atomic E-state index is 0.162. The van der Waals surface area contributed by atoms with Crippen molar-refractivity contribution in [1.29, 1.82) is 0 Å². The molecular formula is C9H15NO2. The monoisotopic (exact) mass is 169 g/mol. The molecular weight excluding hydrogens is 154 g/mol.